The van der Waals surface area contributed by atoms with E-state index in [-0.39, 0.29) is 10.8 Å². The van der Waals surface area contributed by atoms with Gasteiger partial charge in [0.1, 0.15) is 5.82 Å². The molecule has 7 nitrogen and oxygen atoms in total. The zero-order valence-electron chi connectivity index (χ0n) is 19.2. The van der Waals surface area contributed by atoms with E-state index in [1.807, 2.05) is 48.9 Å². The molecule has 3 aromatic carbocycles. The third-order valence-electron chi connectivity index (χ3n) is 5.58. The maximum absolute atomic E-state index is 12.8. The average Bonchev–Trinajstić information content (AvgIpc) is 3.24. The normalized spacial score (nSPS) is 11.3. The minimum Gasteiger partial charge on any atom is -0.348 e. The van der Waals surface area contributed by atoms with Crippen molar-refractivity contribution in [3.8, 4) is 5.69 Å². The molecule has 0 aliphatic carbocycles. The maximum Gasteiger partial charge on any atom is 0.261 e. The molecule has 0 radical (unpaired) electrons. The van der Waals surface area contributed by atoms with Crippen molar-refractivity contribution < 1.29 is 13.2 Å². The third-order valence-corrected chi connectivity index (χ3v) is 6.96. The molecule has 8 heteroatoms. The number of aromatic nitrogens is 2. The number of hydrogen-bond acceptors (Lipinski definition) is 4. The Hall–Kier alpha value is -3.91. The fourth-order valence-corrected chi connectivity index (χ4v) is 4.78. The molecule has 4 rings (SSSR count). The molecule has 0 atom stereocenters. The molecule has 0 spiro atoms. The van der Waals surface area contributed by atoms with Crippen LogP contribution in [-0.4, -0.2) is 23.9 Å². The molecule has 4 aromatic rings. The number of sulfonamides is 1. The van der Waals surface area contributed by atoms with Crippen LogP contribution in [0.5, 0.6) is 0 Å². The summed E-state index contributed by atoms with van der Waals surface area (Å²) >= 11 is 0. The number of benzene rings is 3. The zero-order valence-corrected chi connectivity index (χ0v) is 20.1. The first-order chi connectivity index (χ1) is 16.2. The molecule has 0 bridgehead atoms. The van der Waals surface area contributed by atoms with Crippen molar-refractivity contribution >= 4 is 21.6 Å². The van der Waals surface area contributed by atoms with E-state index < -0.39 is 10.0 Å². The van der Waals surface area contributed by atoms with Crippen LogP contribution >= 0.6 is 0 Å². The van der Waals surface area contributed by atoms with E-state index in [0.29, 0.717) is 23.4 Å². The SMILES string of the molecule is Cc1ccc(S(=O)(=O)Nc2ccc(C(=O)NCc3ccccc3-n3ccnc3C)cc2C)cc1. The number of nitrogens with one attached hydrogen (secondary N) is 2. The first-order valence-electron chi connectivity index (χ1n) is 10.8. The van der Waals surface area contributed by atoms with Crippen molar-refractivity contribution in [1.82, 2.24) is 14.9 Å². The summed E-state index contributed by atoms with van der Waals surface area (Å²) in [5.74, 6) is 0.617. The lowest BCUT2D eigenvalue weighted by Crippen LogP contribution is -2.24. The summed E-state index contributed by atoms with van der Waals surface area (Å²) in [6, 6.07) is 19.3. The topological polar surface area (TPSA) is 93.1 Å². The molecule has 1 amide bonds. The van der Waals surface area contributed by atoms with Gasteiger partial charge in [0.05, 0.1) is 16.3 Å². The van der Waals surface area contributed by atoms with Crippen LogP contribution in [0.1, 0.15) is 32.9 Å². The second-order valence-electron chi connectivity index (χ2n) is 8.10. The summed E-state index contributed by atoms with van der Waals surface area (Å²) in [7, 11) is -3.72. The van der Waals surface area contributed by atoms with Crippen molar-refractivity contribution in [3.05, 3.63) is 107 Å². The quantitative estimate of drug-likeness (QED) is 0.412. The van der Waals surface area contributed by atoms with Crippen LogP contribution in [0.25, 0.3) is 5.69 Å². The number of rotatable bonds is 7. The van der Waals surface area contributed by atoms with Crippen molar-refractivity contribution in [2.24, 2.45) is 0 Å². The molecule has 1 heterocycles. The van der Waals surface area contributed by atoms with Gasteiger partial charge in [-0.15, -0.1) is 0 Å². The Morgan fingerprint density at radius 2 is 1.71 bits per heavy atom. The summed E-state index contributed by atoms with van der Waals surface area (Å²) in [4.78, 5) is 17.3. The molecule has 0 unspecified atom stereocenters. The van der Waals surface area contributed by atoms with Gasteiger partial charge in [-0.2, -0.15) is 0 Å². The molecular formula is C26H26N4O3S. The third kappa shape index (κ3) is 5.02. The first kappa shape index (κ1) is 23.3. The van der Waals surface area contributed by atoms with Gasteiger partial charge < -0.3 is 9.88 Å². The molecule has 0 aliphatic heterocycles. The van der Waals surface area contributed by atoms with Crippen LogP contribution in [0.2, 0.25) is 0 Å². The van der Waals surface area contributed by atoms with Gasteiger partial charge >= 0.3 is 0 Å². The lowest BCUT2D eigenvalue weighted by atomic mass is 10.1. The van der Waals surface area contributed by atoms with Gasteiger partial charge in [0.25, 0.3) is 15.9 Å². The Bertz CT molecular complexity index is 1440. The Balaban J connectivity index is 1.47. The van der Waals surface area contributed by atoms with Gasteiger partial charge in [-0.3, -0.25) is 9.52 Å². The van der Waals surface area contributed by atoms with E-state index in [1.54, 1.807) is 55.6 Å². The van der Waals surface area contributed by atoms with Crippen LogP contribution < -0.4 is 10.0 Å². The Kier molecular flexibility index (Phi) is 6.51. The van der Waals surface area contributed by atoms with E-state index in [9.17, 15) is 13.2 Å². The van der Waals surface area contributed by atoms with E-state index in [2.05, 4.69) is 15.0 Å². The van der Waals surface area contributed by atoms with Gasteiger partial charge in [-0.1, -0.05) is 35.9 Å². The highest BCUT2D eigenvalue weighted by molar-refractivity contribution is 7.92. The summed E-state index contributed by atoms with van der Waals surface area (Å²) < 4.78 is 30.0. The number of para-hydroxylation sites is 1. The van der Waals surface area contributed by atoms with E-state index in [4.69, 9.17) is 0 Å². The number of imidazole rings is 1. The number of hydrogen-bond donors (Lipinski definition) is 2. The molecule has 2 N–H and O–H groups in total. The minimum absolute atomic E-state index is 0.186. The highest BCUT2D eigenvalue weighted by atomic mass is 32.2. The molecule has 34 heavy (non-hydrogen) atoms. The van der Waals surface area contributed by atoms with Crippen LogP contribution in [0.4, 0.5) is 5.69 Å². The second-order valence-corrected chi connectivity index (χ2v) is 9.79. The number of nitrogens with zero attached hydrogens (tertiary/aromatic N) is 2. The minimum atomic E-state index is -3.72. The Labute approximate surface area is 199 Å². The highest BCUT2D eigenvalue weighted by Gasteiger charge is 2.16. The smallest absolute Gasteiger partial charge is 0.261 e. The average molecular weight is 475 g/mol. The van der Waals surface area contributed by atoms with Crippen molar-refractivity contribution in [1.29, 1.82) is 0 Å². The lowest BCUT2D eigenvalue weighted by Gasteiger charge is -2.14. The van der Waals surface area contributed by atoms with Gasteiger partial charge in [0.2, 0.25) is 0 Å². The predicted molar refractivity (Wildman–Crippen MR) is 133 cm³/mol. The Morgan fingerprint density at radius 3 is 2.38 bits per heavy atom. The summed E-state index contributed by atoms with van der Waals surface area (Å²) in [6.07, 6.45) is 3.62. The maximum atomic E-state index is 12.8. The van der Waals surface area contributed by atoms with Gasteiger partial charge in [-0.25, -0.2) is 13.4 Å². The molecular weight excluding hydrogens is 448 g/mol. The van der Waals surface area contributed by atoms with Crippen LogP contribution in [-0.2, 0) is 16.6 Å². The predicted octanol–water partition coefficient (Wildman–Crippen LogP) is 4.53. The van der Waals surface area contributed by atoms with Gasteiger partial charge in [-0.05, 0) is 68.3 Å². The number of amides is 1. The van der Waals surface area contributed by atoms with Gasteiger partial charge in [0, 0.05) is 24.5 Å². The number of carbonyl (C=O) groups is 1. The monoisotopic (exact) mass is 474 g/mol. The molecule has 1 aromatic heterocycles. The van der Waals surface area contributed by atoms with E-state index >= 15 is 0 Å². The lowest BCUT2D eigenvalue weighted by molar-refractivity contribution is 0.0951. The highest BCUT2D eigenvalue weighted by Crippen LogP contribution is 2.22. The van der Waals surface area contributed by atoms with Crippen molar-refractivity contribution in [2.45, 2.75) is 32.2 Å². The van der Waals surface area contributed by atoms with Crippen LogP contribution in [0.15, 0.2) is 84.0 Å². The summed E-state index contributed by atoms with van der Waals surface area (Å²) in [5, 5.41) is 2.95. The second kappa shape index (κ2) is 9.52. The fourth-order valence-electron chi connectivity index (χ4n) is 3.65. The molecule has 0 saturated carbocycles. The standard InChI is InChI=1S/C26H26N4O3S/c1-18-8-11-23(12-9-18)34(32,33)29-24-13-10-21(16-19(24)2)26(31)28-17-22-6-4-5-7-25(22)30-15-14-27-20(30)3/h4-16,29H,17H2,1-3H3,(H,28,31). The molecule has 174 valence electrons. The molecule has 0 fully saturated rings. The zero-order chi connectivity index (χ0) is 24.3. The Morgan fingerprint density at radius 1 is 0.971 bits per heavy atom. The van der Waals surface area contributed by atoms with E-state index in [1.165, 1.54) is 0 Å². The number of carbonyl (C=O) groups excluding carboxylic acids is 1. The summed E-state index contributed by atoms with van der Waals surface area (Å²) in [5.41, 5.74) is 4.42. The molecule has 0 saturated heterocycles. The van der Waals surface area contributed by atoms with Crippen molar-refractivity contribution in [2.75, 3.05) is 4.72 Å². The fraction of sp³-hybridized carbons (Fsp3) is 0.154. The summed E-state index contributed by atoms with van der Waals surface area (Å²) in [6.45, 7) is 5.93. The molecule has 0 aliphatic rings. The van der Waals surface area contributed by atoms with E-state index in [0.717, 1.165) is 22.6 Å². The number of anilines is 1. The van der Waals surface area contributed by atoms with Crippen LogP contribution in [0.3, 0.4) is 0 Å². The van der Waals surface area contributed by atoms with Crippen LogP contribution in [0, 0.1) is 20.8 Å². The van der Waals surface area contributed by atoms with Gasteiger partial charge in [0.15, 0.2) is 0 Å². The first-order valence-corrected chi connectivity index (χ1v) is 12.3. The number of aryl methyl sites for hydroxylation is 3. The largest absolute Gasteiger partial charge is 0.348 e. The van der Waals surface area contributed by atoms with Crippen molar-refractivity contribution in [3.63, 3.8) is 0 Å².